The number of carbonyl (C=O) groups excluding carboxylic acids is 1. The fourth-order valence-corrected chi connectivity index (χ4v) is 3.41. The molecule has 2 rings (SSSR count). The number of likely N-dealkylation sites (N-methyl/N-ethyl adjacent to an activating group) is 1. The summed E-state index contributed by atoms with van der Waals surface area (Å²) in [6.07, 6.45) is 0.806. The van der Waals surface area contributed by atoms with Crippen molar-refractivity contribution in [1.29, 1.82) is 0 Å². The molecule has 0 bridgehead atoms. The van der Waals surface area contributed by atoms with Gasteiger partial charge in [-0.2, -0.15) is 8.42 Å². The van der Waals surface area contributed by atoms with Gasteiger partial charge in [0.15, 0.2) is 5.84 Å². The van der Waals surface area contributed by atoms with E-state index >= 15 is 0 Å². The molecule has 1 aliphatic heterocycles. The maximum atomic E-state index is 12.1. The SMILES string of the molecule is CCC(C)(C)NC(=O)CN(C)C1=NS(=O)(=O)c2ccccc21. The van der Waals surface area contributed by atoms with Gasteiger partial charge in [-0.1, -0.05) is 19.1 Å². The van der Waals surface area contributed by atoms with Crippen LogP contribution in [0.15, 0.2) is 33.6 Å². The van der Waals surface area contributed by atoms with Gasteiger partial charge in [0.1, 0.15) is 4.90 Å². The molecule has 0 saturated heterocycles. The lowest BCUT2D eigenvalue weighted by Gasteiger charge is -2.26. The molecule has 1 aromatic carbocycles. The van der Waals surface area contributed by atoms with Crippen LogP contribution in [0.1, 0.15) is 32.8 Å². The molecular weight excluding hydrogens is 302 g/mol. The summed E-state index contributed by atoms with van der Waals surface area (Å²) in [5.41, 5.74) is 0.243. The van der Waals surface area contributed by atoms with Crippen molar-refractivity contribution in [2.24, 2.45) is 4.40 Å². The minimum absolute atomic E-state index is 0.0477. The molecule has 22 heavy (non-hydrogen) atoms. The average Bonchev–Trinajstić information content (AvgIpc) is 2.71. The van der Waals surface area contributed by atoms with Crippen molar-refractivity contribution in [3.05, 3.63) is 29.8 Å². The van der Waals surface area contributed by atoms with Gasteiger partial charge in [0.05, 0.1) is 6.54 Å². The second kappa shape index (κ2) is 5.72. The van der Waals surface area contributed by atoms with Gasteiger partial charge < -0.3 is 10.2 Å². The molecule has 0 aromatic heterocycles. The predicted molar refractivity (Wildman–Crippen MR) is 85.3 cm³/mol. The van der Waals surface area contributed by atoms with Gasteiger partial charge in [0, 0.05) is 18.2 Å². The summed E-state index contributed by atoms with van der Waals surface area (Å²) in [4.78, 5) is 13.8. The number of sulfonamides is 1. The van der Waals surface area contributed by atoms with Crippen LogP contribution in [-0.4, -0.2) is 44.2 Å². The topological polar surface area (TPSA) is 78.8 Å². The summed E-state index contributed by atoms with van der Waals surface area (Å²) < 4.78 is 27.8. The number of amides is 1. The zero-order valence-electron chi connectivity index (χ0n) is 13.3. The highest BCUT2D eigenvalue weighted by Crippen LogP contribution is 2.26. The second-order valence-electron chi connectivity index (χ2n) is 6.03. The molecule has 6 nitrogen and oxygen atoms in total. The van der Waals surface area contributed by atoms with Crippen molar-refractivity contribution in [1.82, 2.24) is 10.2 Å². The van der Waals surface area contributed by atoms with Crippen molar-refractivity contribution >= 4 is 21.8 Å². The number of amidine groups is 1. The summed E-state index contributed by atoms with van der Waals surface area (Å²) in [6.45, 7) is 5.93. The van der Waals surface area contributed by atoms with Gasteiger partial charge in [-0.25, -0.2) is 0 Å². The van der Waals surface area contributed by atoms with E-state index in [0.717, 1.165) is 6.42 Å². The number of rotatable bonds is 4. The molecule has 1 heterocycles. The molecule has 1 aromatic rings. The van der Waals surface area contributed by atoms with E-state index in [4.69, 9.17) is 0 Å². The number of hydrogen-bond acceptors (Lipinski definition) is 4. The summed E-state index contributed by atoms with van der Waals surface area (Å²) in [5.74, 6) is 0.138. The third-order valence-corrected chi connectivity index (χ3v) is 5.04. The summed E-state index contributed by atoms with van der Waals surface area (Å²) in [6, 6.07) is 6.63. The van der Waals surface area contributed by atoms with Crippen molar-refractivity contribution in [3.63, 3.8) is 0 Å². The molecule has 0 atom stereocenters. The Kier molecular flexibility index (Phi) is 4.28. The molecule has 1 amide bonds. The van der Waals surface area contributed by atoms with Gasteiger partial charge in [0.25, 0.3) is 10.0 Å². The van der Waals surface area contributed by atoms with E-state index in [0.29, 0.717) is 11.4 Å². The Balaban J connectivity index is 2.18. The molecule has 0 radical (unpaired) electrons. The Labute approximate surface area is 131 Å². The minimum Gasteiger partial charge on any atom is -0.350 e. The maximum absolute atomic E-state index is 12.1. The molecule has 7 heteroatoms. The minimum atomic E-state index is -3.66. The lowest BCUT2D eigenvalue weighted by atomic mass is 10.0. The van der Waals surface area contributed by atoms with E-state index < -0.39 is 10.0 Å². The number of nitrogens with one attached hydrogen (secondary N) is 1. The standard InChI is InChI=1S/C15H21N3O3S/c1-5-15(2,3)16-13(19)10-18(4)14-11-8-6-7-9-12(11)22(20,21)17-14/h6-9H,5,10H2,1-4H3,(H,16,19). The first-order chi connectivity index (χ1) is 10.2. The van der Waals surface area contributed by atoms with Crippen LogP contribution in [0.2, 0.25) is 0 Å². The van der Waals surface area contributed by atoms with Crippen LogP contribution in [0.25, 0.3) is 0 Å². The van der Waals surface area contributed by atoms with Crippen LogP contribution in [-0.2, 0) is 14.8 Å². The summed E-state index contributed by atoms with van der Waals surface area (Å²) in [7, 11) is -2.00. The van der Waals surface area contributed by atoms with E-state index in [9.17, 15) is 13.2 Å². The van der Waals surface area contributed by atoms with E-state index in [1.54, 1.807) is 30.1 Å². The highest BCUT2D eigenvalue weighted by Gasteiger charge is 2.31. The highest BCUT2D eigenvalue weighted by molar-refractivity contribution is 7.90. The molecule has 1 aliphatic rings. The summed E-state index contributed by atoms with van der Waals surface area (Å²) >= 11 is 0. The van der Waals surface area contributed by atoms with Crippen LogP contribution >= 0.6 is 0 Å². The molecule has 0 aliphatic carbocycles. The highest BCUT2D eigenvalue weighted by atomic mass is 32.2. The number of benzene rings is 1. The molecule has 0 saturated carbocycles. The van der Waals surface area contributed by atoms with Crippen molar-refractivity contribution in [3.8, 4) is 0 Å². The molecule has 1 N–H and O–H groups in total. The van der Waals surface area contributed by atoms with Crippen LogP contribution in [0, 0.1) is 0 Å². The third-order valence-electron chi connectivity index (χ3n) is 3.72. The lowest BCUT2D eigenvalue weighted by Crippen LogP contribution is -2.47. The van der Waals surface area contributed by atoms with Crippen LogP contribution in [0.5, 0.6) is 0 Å². The number of hydrogen-bond donors (Lipinski definition) is 1. The monoisotopic (exact) mass is 323 g/mol. The Hall–Kier alpha value is -1.89. The number of fused-ring (bicyclic) bond motifs is 1. The normalized spacial score (nSPS) is 15.9. The van der Waals surface area contributed by atoms with Gasteiger partial charge in [0.2, 0.25) is 5.91 Å². The van der Waals surface area contributed by atoms with Gasteiger partial charge in [-0.3, -0.25) is 4.79 Å². The first-order valence-electron chi connectivity index (χ1n) is 7.13. The molecule has 0 spiro atoms. The van der Waals surface area contributed by atoms with E-state index in [1.165, 1.54) is 6.07 Å². The Morgan fingerprint density at radius 3 is 2.59 bits per heavy atom. The average molecular weight is 323 g/mol. The van der Waals surface area contributed by atoms with Crippen LogP contribution in [0.4, 0.5) is 0 Å². The Morgan fingerprint density at radius 2 is 1.95 bits per heavy atom. The van der Waals surface area contributed by atoms with E-state index in [2.05, 4.69) is 9.71 Å². The number of nitrogens with zero attached hydrogens (tertiary/aromatic N) is 2. The zero-order chi connectivity index (χ0) is 16.5. The van der Waals surface area contributed by atoms with Gasteiger partial charge in [-0.05, 0) is 32.4 Å². The second-order valence-corrected chi connectivity index (χ2v) is 7.60. The lowest BCUT2D eigenvalue weighted by molar-refractivity contribution is -0.122. The molecule has 0 unspecified atom stereocenters. The molecule has 120 valence electrons. The molecule has 0 fully saturated rings. The third kappa shape index (κ3) is 3.30. The van der Waals surface area contributed by atoms with Crippen LogP contribution < -0.4 is 5.32 Å². The number of carbonyl (C=O) groups is 1. The van der Waals surface area contributed by atoms with Gasteiger partial charge >= 0.3 is 0 Å². The van der Waals surface area contributed by atoms with Gasteiger partial charge in [-0.15, -0.1) is 4.40 Å². The van der Waals surface area contributed by atoms with E-state index in [-0.39, 0.29) is 22.9 Å². The predicted octanol–water partition coefficient (Wildman–Crippen LogP) is 1.37. The van der Waals surface area contributed by atoms with Crippen molar-refractivity contribution in [2.45, 2.75) is 37.6 Å². The Morgan fingerprint density at radius 1 is 1.32 bits per heavy atom. The summed E-state index contributed by atoms with van der Waals surface area (Å²) in [5, 5.41) is 2.92. The maximum Gasteiger partial charge on any atom is 0.285 e. The van der Waals surface area contributed by atoms with Crippen molar-refractivity contribution < 1.29 is 13.2 Å². The smallest absolute Gasteiger partial charge is 0.285 e. The quantitative estimate of drug-likeness (QED) is 0.908. The Bertz CT molecular complexity index is 723. The van der Waals surface area contributed by atoms with Crippen molar-refractivity contribution in [2.75, 3.05) is 13.6 Å². The first-order valence-corrected chi connectivity index (χ1v) is 8.57. The molecular formula is C15H21N3O3S. The zero-order valence-corrected chi connectivity index (χ0v) is 14.1. The fourth-order valence-electron chi connectivity index (χ4n) is 2.16. The van der Waals surface area contributed by atoms with E-state index in [1.807, 2.05) is 20.8 Å². The first kappa shape index (κ1) is 16.5. The fraction of sp³-hybridized carbons (Fsp3) is 0.467. The largest absolute Gasteiger partial charge is 0.350 e. The van der Waals surface area contributed by atoms with Crippen LogP contribution in [0.3, 0.4) is 0 Å².